The standard InChI is InChI=1S/C17H27N3O3S.ClH/c1-4-10-24(22,23)20-16-7-5-6-15(13(16)3)19-17(21)14-8-9-18-12(2)11-14;/h5-7,12,14,18,20H,4,8-11H2,1-3H3,(H,19,21);1H/t12-,14-;/m0./s1. The molecular formula is C17H28ClN3O3S. The largest absolute Gasteiger partial charge is 0.326 e. The number of anilines is 2. The number of hydrogen-bond donors (Lipinski definition) is 3. The van der Waals surface area contributed by atoms with Crippen molar-refractivity contribution in [3.63, 3.8) is 0 Å². The highest BCUT2D eigenvalue weighted by Gasteiger charge is 2.25. The van der Waals surface area contributed by atoms with Gasteiger partial charge in [-0.15, -0.1) is 12.4 Å². The predicted molar refractivity (Wildman–Crippen MR) is 105 cm³/mol. The SMILES string of the molecule is CCCS(=O)(=O)Nc1cccc(NC(=O)[C@H]2CCN[C@@H](C)C2)c1C.Cl. The first-order chi connectivity index (χ1) is 11.3. The van der Waals surface area contributed by atoms with Crippen LogP contribution in [0.15, 0.2) is 18.2 Å². The highest BCUT2D eigenvalue weighted by Crippen LogP contribution is 2.26. The number of rotatable bonds is 6. The van der Waals surface area contributed by atoms with Crippen LogP contribution in [-0.2, 0) is 14.8 Å². The van der Waals surface area contributed by atoms with Gasteiger partial charge in [-0.1, -0.05) is 13.0 Å². The molecule has 142 valence electrons. The molecule has 1 aliphatic rings. The lowest BCUT2D eigenvalue weighted by Gasteiger charge is -2.27. The van der Waals surface area contributed by atoms with Crippen LogP contribution in [-0.4, -0.2) is 32.7 Å². The van der Waals surface area contributed by atoms with Crippen LogP contribution in [0.25, 0.3) is 0 Å². The molecule has 1 aromatic carbocycles. The Balaban J connectivity index is 0.00000312. The molecule has 0 aliphatic carbocycles. The molecule has 25 heavy (non-hydrogen) atoms. The van der Waals surface area contributed by atoms with Gasteiger partial charge in [-0.2, -0.15) is 0 Å². The molecule has 6 nitrogen and oxygen atoms in total. The Morgan fingerprint density at radius 2 is 2.00 bits per heavy atom. The minimum atomic E-state index is -3.35. The minimum Gasteiger partial charge on any atom is -0.326 e. The van der Waals surface area contributed by atoms with Crippen molar-refractivity contribution in [1.82, 2.24) is 5.32 Å². The Bertz CT molecular complexity index is 694. The van der Waals surface area contributed by atoms with Crippen LogP contribution in [0.3, 0.4) is 0 Å². The quantitative estimate of drug-likeness (QED) is 0.698. The number of benzene rings is 1. The molecule has 2 atom stereocenters. The van der Waals surface area contributed by atoms with Gasteiger partial charge in [0.2, 0.25) is 15.9 Å². The number of halogens is 1. The van der Waals surface area contributed by atoms with Crippen molar-refractivity contribution in [2.24, 2.45) is 5.92 Å². The number of hydrogen-bond acceptors (Lipinski definition) is 4. The van der Waals surface area contributed by atoms with E-state index in [-0.39, 0.29) is 30.0 Å². The van der Waals surface area contributed by atoms with E-state index in [0.29, 0.717) is 23.8 Å². The van der Waals surface area contributed by atoms with Gasteiger partial charge in [0.1, 0.15) is 0 Å². The molecule has 0 aromatic heterocycles. The molecule has 1 aromatic rings. The second kappa shape index (κ2) is 9.40. The zero-order valence-corrected chi connectivity index (χ0v) is 16.6. The summed E-state index contributed by atoms with van der Waals surface area (Å²) in [4.78, 5) is 12.5. The van der Waals surface area contributed by atoms with E-state index >= 15 is 0 Å². The fraction of sp³-hybridized carbons (Fsp3) is 0.588. The number of nitrogens with one attached hydrogen (secondary N) is 3. The third-order valence-corrected chi connectivity index (χ3v) is 5.80. The average molecular weight is 390 g/mol. The molecule has 1 aliphatic heterocycles. The lowest BCUT2D eigenvalue weighted by Crippen LogP contribution is -2.40. The zero-order chi connectivity index (χ0) is 17.7. The second-order valence-corrected chi connectivity index (χ2v) is 8.31. The van der Waals surface area contributed by atoms with Crippen LogP contribution < -0.4 is 15.4 Å². The minimum absolute atomic E-state index is 0. The summed E-state index contributed by atoms with van der Waals surface area (Å²) in [6.45, 7) is 6.55. The molecular weight excluding hydrogens is 362 g/mol. The summed E-state index contributed by atoms with van der Waals surface area (Å²) < 4.78 is 26.5. The van der Waals surface area contributed by atoms with E-state index in [0.717, 1.165) is 24.9 Å². The summed E-state index contributed by atoms with van der Waals surface area (Å²) in [5.74, 6) is 0.0665. The summed E-state index contributed by atoms with van der Waals surface area (Å²) >= 11 is 0. The van der Waals surface area contributed by atoms with Crippen LogP contribution in [0.5, 0.6) is 0 Å². The summed E-state index contributed by atoms with van der Waals surface area (Å²) in [6.07, 6.45) is 2.18. The maximum Gasteiger partial charge on any atom is 0.232 e. The average Bonchev–Trinajstić information content (AvgIpc) is 2.51. The van der Waals surface area contributed by atoms with Crippen molar-refractivity contribution >= 4 is 39.7 Å². The molecule has 1 heterocycles. The summed E-state index contributed by atoms with van der Waals surface area (Å²) in [5.41, 5.74) is 1.90. The van der Waals surface area contributed by atoms with Crippen molar-refractivity contribution < 1.29 is 13.2 Å². The first-order valence-electron chi connectivity index (χ1n) is 8.46. The number of carbonyl (C=O) groups is 1. The van der Waals surface area contributed by atoms with Gasteiger partial charge in [0.25, 0.3) is 0 Å². The summed E-state index contributed by atoms with van der Waals surface area (Å²) in [7, 11) is -3.35. The Kier molecular flexibility index (Phi) is 8.18. The summed E-state index contributed by atoms with van der Waals surface area (Å²) in [6, 6.07) is 5.60. The van der Waals surface area contributed by atoms with Crippen LogP contribution in [0.4, 0.5) is 11.4 Å². The molecule has 0 unspecified atom stereocenters. The Hall–Kier alpha value is -1.31. The van der Waals surface area contributed by atoms with Crippen molar-refractivity contribution in [1.29, 1.82) is 0 Å². The van der Waals surface area contributed by atoms with Crippen LogP contribution in [0.2, 0.25) is 0 Å². The monoisotopic (exact) mass is 389 g/mol. The number of amides is 1. The lowest BCUT2D eigenvalue weighted by atomic mass is 9.92. The molecule has 1 amide bonds. The molecule has 8 heteroatoms. The van der Waals surface area contributed by atoms with Gasteiger partial charge < -0.3 is 10.6 Å². The van der Waals surface area contributed by atoms with Gasteiger partial charge >= 0.3 is 0 Å². The fourth-order valence-corrected chi connectivity index (χ4v) is 4.17. The van der Waals surface area contributed by atoms with Crippen molar-refractivity contribution in [2.75, 3.05) is 22.3 Å². The lowest BCUT2D eigenvalue weighted by molar-refractivity contribution is -0.120. The molecule has 2 rings (SSSR count). The zero-order valence-electron chi connectivity index (χ0n) is 15.0. The fourth-order valence-electron chi connectivity index (χ4n) is 2.97. The molecule has 1 saturated heterocycles. The van der Waals surface area contributed by atoms with E-state index in [2.05, 4.69) is 22.3 Å². The van der Waals surface area contributed by atoms with Crippen molar-refractivity contribution in [3.8, 4) is 0 Å². The first-order valence-corrected chi connectivity index (χ1v) is 10.1. The molecule has 0 spiro atoms. The Morgan fingerprint density at radius 3 is 2.64 bits per heavy atom. The van der Waals surface area contributed by atoms with E-state index in [4.69, 9.17) is 0 Å². The molecule has 3 N–H and O–H groups in total. The van der Waals surface area contributed by atoms with Crippen molar-refractivity contribution in [3.05, 3.63) is 23.8 Å². The van der Waals surface area contributed by atoms with Crippen LogP contribution in [0.1, 0.15) is 38.7 Å². The number of sulfonamides is 1. The third-order valence-electron chi connectivity index (χ3n) is 4.32. The van der Waals surface area contributed by atoms with E-state index < -0.39 is 10.0 Å². The molecule has 1 fully saturated rings. The first kappa shape index (κ1) is 21.7. The van der Waals surface area contributed by atoms with Gasteiger partial charge in [0.15, 0.2) is 0 Å². The number of piperidine rings is 1. The molecule has 0 saturated carbocycles. The second-order valence-electron chi connectivity index (χ2n) is 6.46. The Labute approximate surface area is 156 Å². The third kappa shape index (κ3) is 6.17. The van der Waals surface area contributed by atoms with Gasteiger partial charge in [0, 0.05) is 17.6 Å². The Morgan fingerprint density at radius 1 is 1.32 bits per heavy atom. The maximum atomic E-state index is 12.5. The van der Waals surface area contributed by atoms with E-state index in [9.17, 15) is 13.2 Å². The number of carbonyl (C=O) groups excluding carboxylic acids is 1. The summed E-state index contributed by atoms with van der Waals surface area (Å²) in [5, 5.41) is 6.29. The van der Waals surface area contributed by atoms with E-state index in [1.165, 1.54) is 0 Å². The van der Waals surface area contributed by atoms with Crippen molar-refractivity contribution in [2.45, 2.75) is 46.1 Å². The molecule has 0 radical (unpaired) electrons. The van der Waals surface area contributed by atoms with Gasteiger partial charge in [-0.25, -0.2) is 8.42 Å². The molecule has 0 bridgehead atoms. The van der Waals surface area contributed by atoms with E-state index in [1.54, 1.807) is 18.2 Å². The van der Waals surface area contributed by atoms with Gasteiger partial charge in [-0.3, -0.25) is 9.52 Å². The van der Waals surface area contributed by atoms with Gasteiger partial charge in [-0.05, 0) is 57.4 Å². The maximum absolute atomic E-state index is 12.5. The van der Waals surface area contributed by atoms with Crippen LogP contribution >= 0.6 is 12.4 Å². The normalized spacial score (nSPS) is 20.4. The highest BCUT2D eigenvalue weighted by molar-refractivity contribution is 7.92. The van der Waals surface area contributed by atoms with Gasteiger partial charge in [0.05, 0.1) is 11.4 Å². The highest BCUT2D eigenvalue weighted by atomic mass is 35.5. The predicted octanol–water partition coefficient (Wildman–Crippen LogP) is 2.90. The topological polar surface area (TPSA) is 87.3 Å². The van der Waals surface area contributed by atoms with Crippen LogP contribution in [0, 0.1) is 12.8 Å². The smallest absolute Gasteiger partial charge is 0.232 e. The van der Waals surface area contributed by atoms with E-state index in [1.807, 2.05) is 13.8 Å².